The van der Waals surface area contributed by atoms with Gasteiger partial charge in [0.05, 0.1) is 12.0 Å². The molecule has 0 saturated carbocycles. The van der Waals surface area contributed by atoms with E-state index in [9.17, 15) is 15.3 Å². The van der Waals surface area contributed by atoms with Gasteiger partial charge in [0, 0.05) is 0 Å². The van der Waals surface area contributed by atoms with Gasteiger partial charge < -0.3 is 20.1 Å². The molecule has 0 amide bonds. The largest absolute Gasteiger partial charge is 0.387 e. The van der Waals surface area contributed by atoms with Crippen LogP contribution in [0.15, 0.2) is 30.9 Å². The lowest BCUT2D eigenvalue weighted by atomic mass is 9.81. The third-order valence-electron chi connectivity index (χ3n) is 6.06. The van der Waals surface area contributed by atoms with Crippen LogP contribution in [0.2, 0.25) is 0 Å². The first-order chi connectivity index (χ1) is 13.4. The number of hydrogen-bond donors (Lipinski definition) is 3. The van der Waals surface area contributed by atoms with Crippen LogP contribution in [0, 0.1) is 6.92 Å². The molecule has 3 N–H and O–H groups in total. The van der Waals surface area contributed by atoms with E-state index in [1.54, 1.807) is 11.5 Å². The number of hydrogen-bond acceptors (Lipinski definition) is 7. The number of aliphatic hydroxyl groups excluding tert-OH is 2. The molecule has 1 fully saturated rings. The molecule has 2 aliphatic rings. The van der Waals surface area contributed by atoms with Crippen molar-refractivity contribution in [3.05, 3.63) is 53.2 Å². The number of benzene rings is 1. The Bertz CT molecular complexity index is 1060. The normalized spacial score (nSPS) is 28.8. The SMILES string of the molecule is Cc1ncnc2c1ncn2[C@@H]1O[C@H]([C@](C)(O)c2ccc3c(c2)CC3)[C@@H](O)[C@H]1O. The van der Waals surface area contributed by atoms with Crippen molar-refractivity contribution < 1.29 is 20.1 Å². The summed E-state index contributed by atoms with van der Waals surface area (Å²) in [6.07, 6.45) is 0.526. The van der Waals surface area contributed by atoms with Crippen LogP contribution < -0.4 is 0 Å². The molecule has 2 aromatic heterocycles. The quantitative estimate of drug-likeness (QED) is 0.613. The van der Waals surface area contributed by atoms with E-state index in [2.05, 4.69) is 15.0 Å². The van der Waals surface area contributed by atoms with Gasteiger partial charge >= 0.3 is 0 Å². The second-order valence-electron chi connectivity index (χ2n) is 7.84. The summed E-state index contributed by atoms with van der Waals surface area (Å²) in [5, 5.41) is 32.6. The smallest absolute Gasteiger partial charge is 0.165 e. The van der Waals surface area contributed by atoms with E-state index < -0.39 is 30.1 Å². The highest BCUT2D eigenvalue weighted by atomic mass is 16.6. The minimum absolute atomic E-state index is 0.505. The minimum atomic E-state index is -1.47. The number of aryl methyl sites for hydroxylation is 3. The Balaban J connectivity index is 1.50. The molecular formula is C20H22N4O4. The van der Waals surface area contributed by atoms with E-state index in [0.29, 0.717) is 22.4 Å². The minimum Gasteiger partial charge on any atom is -0.387 e. The van der Waals surface area contributed by atoms with E-state index in [1.165, 1.54) is 23.8 Å². The van der Waals surface area contributed by atoms with Crippen molar-refractivity contribution in [2.45, 2.75) is 56.8 Å². The molecule has 3 heterocycles. The summed E-state index contributed by atoms with van der Waals surface area (Å²) in [6, 6.07) is 5.82. The fourth-order valence-corrected chi connectivity index (χ4v) is 4.18. The van der Waals surface area contributed by atoms with Gasteiger partial charge in [0.25, 0.3) is 0 Å². The van der Waals surface area contributed by atoms with E-state index >= 15 is 0 Å². The molecule has 28 heavy (non-hydrogen) atoms. The van der Waals surface area contributed by atoms with Gasteiger partial charge in [0.1, 0.15) is 35.8 Å². The van der Waals surface area contributed by atoms with Gasteiger partial charge in [0.15, 0.2) is 11.9 Å². The highest BCUT2D eigenvalue weighted by molar-refractivity contribution is 5.72. The maximum atomic E-state index is 11.2. The lowest BCUT2D eigenvalue weighted by Gasteiger charge is -2.33. The van der Waals surface area contributed by atoms with Gasteiger partial charge in [-0.15, -0.1) is 0 Å². The Morgan fingerprint density at radius 3 is 2.61 bits per heavy atom. The predicted octanol–water partition coefficient (Wildman–Crippen LogP) is 0.760. The van der Waals surface area contributed by atoms with Gasteiger partial charge in [0.2, 0.25) is 0 Å². The molecule has 1 aliphatic heterocycles. The number of aromatic nitrogens is 4. The van der Waals surface area contributed by atoms with Crippen LogP contribution in [-0.4, -0.2) is 53.2 Å². The lowest BCUT2D eigenvalue weighted by Crippen LogP contribution is -2.45. The summed E-state index contributed by atoms with van der Waals surface area (Å²) in [5.41, 5.74) is 3.50. The average molecular weight is 382 g/mol. The summed E-state index contributed by atoms with van der Waals surface area (Å²) in [5.74, 6) is 0. The Labute approximate surface area is 161 Å². The fourth-order valence-electron chi connectivity index (χ4n) is 4.18. The van der Waals surface area contributed by atoms with Crippen molar-refractivity contribution in [1.82, 2.24) is 19.5 Å². The van der Waals surface area contributed by atoms with Crippen LogP contribution in [0.4, 0.5) is 0 Å². The molecule has 1 aromatic carbocycles. The standard InChI is InChI=1S/C20H22N4O4/c1-10-14-18(22-8-21-10)24(9-23-14)19-16(26)15(25)17(28-19)20(2,27)13-6-5-11-3-4-12(11)7-13/h5-9,15-17,19,25-27H,3-4H2,1-2H3/t15-,16+,17-,19+,20+/m0/s1. The zero-order valence-electron chi connectivity index (χ0n) is 15.6. The average Bonchev–Trinajstić information content (AvgIpc) is 3.19. The van der Waals surface area contributed by atoms with Gasteiger partial charge in [-0.2, -0.15) is 0 Å². The molecule has 5 atom stereocenters. The van der Waals surface area contributed by atoms with Crippen LogP contribution >= 0.6 is 0 Å². The molecule has 0 unspecified atom stereocenters. The molecule has 0 spiro atoms. The molecule has 0 radical (unpaired) electrons. The Morgan fingerprint density at radius 1 is 1.11 bits per heavy atom. The zero-order valence-corrected chi connectivity index (χ0v) is 15.6. The molecule has 0 bridgehead atoms. The van der Waals surface area contributed by atoms with Crippen LogP contribution in [-0.2, 0) is 23.2 Å². The Kier molecular flexibility index (Phi) is 3.82. The summed E-state index contributed by atoms with van der Waals surface area (Å²) in [4.78, 5) is 12.7. The summed E-state index contributed by atoms with van der Waals surface area (Å²) in [7, 11) is 0. The Morgan fingerprint density at radius 2 is 1.89 bits per heavy atom. The van der Waals surface area contributed by atoms with Crippen LogP contribution in [0.3, 0.4) is 0 Å². The van der Waals surface area contributed by atoms with Crippen molar-refractivity contribution in [2.24, 2.45) is 0 Å². The maximum Gasteiger partial charge on any atom is 0.165 e. The third-order valence-corrected chi connectivity index (χ3v) is 6.06. The number of nitrogens with zero attached hydrogens (tertiary/aromatic N) is 4. The number of ether oxygens (including phenoxy) is 1. The molecular weight excluding hydrogens is 360 g/mol. The maximum absolute atomic E-state index is 11.2. The van der Waals surface area contributed by atoms with Crippen LogP contribution in [0.1, 0.15) is 35.5 Å². The predicted molar refractivity (Wildman–Crippen MR) is 99.4 cm³/mol. The van der Waals surface area contributed by atoms with Gasteiger partial charge in [-0.25, -0.2) is 15.0 Å². The van der Waals surface area contributed by atoms with E-state index in [1.807, 2.05) is 25.1 Å². The second kappa shape index (κ2) is 6.05. The topological polar surface area (TPSA) is 114 Å². The van der Waals surface area contributed by atoms with Gasteiger partial charge in [-0.05, 0) is 43.4 Å². The highest BCUT2D eigenvalue weighted by Gasteiger charge is 2.52. The highest BCUT2D eigenvalue weighted by Crippen LogP contribution is 2.41. The summed E-state index contributed by atoms with van der Waals surface area (Å²) in [6.45, 7) is 3.43. The van der Waals surface area contributed by atoms with Crippen molar-refractivity contribution >= 4 is 11.2 Å². The number of fused-ring (bicyclic) bond motifs is 2. The second-order valence-corrected chi connectivity index (χ2v) is 7.84. The molecule has 1 aliphatic carbocycles. The summed E-state index contributed by atoms with van der Waals surface area (Å²) < 4.78 is 7.57. The Hall–Kier alpha value is -2.39. The van der Waals surface area contributed by atoms with Crippen molar-refractivity contribution in [1.29, 1.82) is 0 Å². The van der Waals surface area contributed by atoms with Crippen molar-refractivity contribution in [2.75, 3.05) is 0 Å². The fraction of sp³-hybridized carbons (Fsp3) is 0.450. The number of aliphatic hydroxyl groups is 3. The van der Waals surface area contributed by atoms with E-state index in [-0.39, 0.29) is 0 Å². The van der Waals surface area contributed by atoms with Gasteiger partial charge in [-0.1, -0.05) is 18.2 Å². The first-order valence-corrected chi connectivity index (χ1v) is 9.38. The van der Waals surface area contributed by atoms with E-state index in [0.717, 1.165) is 12.8 Å². The first kappa shape index (κ1) is 17.7. The molecule has 1 saturated heterocycles. The van der Waals surface area contributed by atoms with Crippen molar-refractivity contribution in [3.8, 4) is 0 Å². The zero-order chi connectivity index (χ0) is 19.6. The van der Waals surface area contributed by atoms with Crippen molar-refractivity contribution in [3.63, 3.8) is 0 Å². The molecule has 8 nitrogen and oxygen atoms in total. The van der Waals surface area contributed by atoms with Gasteiger partial charge in [-0.3, -0.25) is 4.57 Å². The number of imidazole rings is 1. The molecule has 8 heteroatoms. The van der Waals surface area contributed by atoms with Crippen LogP contribution in [0.5, 0.6) is 0 Å². The molecule has 3 aromatic rings. The third kappa shape index (κ3) is 2.42. The van der Waals surface area contributed by atoms with E-state index in [4.69, 9.17) is 4.74 Å². The van der Waals surface area contributed by atoms with Crippen LogP contribution in [0.25, 0.3) is 11.2 Å². The number of rotatable bonds is 3. The summed E-state index contributed by atoms with van der Waals surface area (Å²) >= 11 is 0. The lowest BCUT2D eigenvalue weighted by molar-refractivity contribution is -0.136. The molecule has 146 valence electrons. The first-order valence-electron chi connectivity index (χ1n) is 9.38. The molecule has 5 rings (SSSR count). The monoisotopic (exact) mass is 382 g/mol.